The first-order valence-corrected chi connectivity index (χ1v) is 9.54. The van der Waals surface area contributed by atoms with Crippen LogP contribution in [0.3, 0.4) is 0 Å². The van der Waals surface area contributed by atoms with E-state index >= 15 is 0 Å². The van der Waals surface area contributed by atoms with Crippen LogP contribution in [0.25, 0.3) is 0 Å². The second-order valence-electron chi connectivity index (χ2n) is 5.41. The van der Waals surface area contributed by atoms with E-state index in [1.807, 2.05) is 23.5 Å². The SMILES string of the molecule is CCSc1ccccc1C(C)NCC1(O)CCSCC1. The molecular weight excluding hydrogens is 286 g/mol. The molecule has 1 aromatic rings. The zero-order valence-corrected chi connectivity index (χ0v) is 14.0. The molecule has 1 aromatic carbocycles. The molecule has 2 nitrogen and oxygen atoms in total. The Hall–Kier alpha value is -0.160. The Morgan fingerprint density at radius 1 is 1.35 bits per heavy atom. The smallest absolute Gasteiger partial charge is 0.0787 e. The van der Waals surface area contributed by atoms with Crippen LogP contribution in [-0.4, -0.2) is 34.5 Å². The Morgan fingerprint density at radius 2 is 2.05 bits per heavy atom. The van der Waals surface area contributed by atoms with Crippen molar-refractivity contribution in [1.29, 1.82) is 0 Å². The number of aliphatic hydroxyl groups is 1. The number of nitrogens with one attached hydrogen (secondary N) is 1. The van der Waals surface area contributed by atoms with Crippen LogP contribution in [0.1, 0.15) is 38.3 Å². The number of benzene rings is 1. The lowest BCUT2D eigenvalue weighted by Gasteiger charge is -2.33. The Morgan fingerprint density at radius 3 is 2.75 bits per heavy atom. The predicted octanol–water partition coefficient (Wildman–Crippen LogP) is 3.71. The lowest BCUT2D eigenvalue weighted by atomic mass is 9.96. The standard InChI is InChI=1S/C16H25NOS2/c1-3-20-15-7-5-4-6-14(15)13(2)17-12-16(18)8-10-19-11-9-16/h4-7,13,17-18H,3,8-12H2,1-2H3. The van der Waals surface area contributed by atoms with Gasteiger partial charge in [-0.3, -0.25) is 0 Å². The molecule has 1 aliphatic heterocycles. The fraction of sp³-hybridized carbons (Fsp3) is 0.625. The van der Waals surface area contributed by atoms with Gasteiger partial charge in [0.1, 0.15) is 0 Å². The van der Waals surface area contributed by atoms with Crippen molar-refractivity contribution in [3.63, 3.8) is 0 Å². The lowest BCUT2D eigenvalue weighted by molar-refractivity contribution is 0.0300. The molecule has 0 bridgehead atoms. The van der Waals surface area contributed by atoms with Gasteiger partial charge < -0.3 is 10.4 Å². The van der Waals surface area contributed by atoms with Crippen molar-refractivity contribution in [2.24, 2.45) is 0 Å². The molecular formula is C16H25NOS2. The van der Waals surface area contributed by atoms with Crippen LogP contribution in [0.5, 0.6) is 0 Å². The Kier molecular flexibility index (Phi) is 6.27. The third kappa shape index (κ3) is 4.42. The molecule has 1 fully saturated rings. The predicted molar refractivity (Wildman–Crippen MR) is 90.8 cm³/mol. The van der Waals surface area contributed by atoms with Gasteiger partial charge in [-0.2, -0.15) is 11.8 Å². The van der Waals surface area contributed by atoms with E-state index in [1.165, 1.54) is 10.5 Å². The molecule has 20 heavy (non-hydrogen) atoms. The van der Waals surface area contributed by atoms with E-state index in [-0.39, 0.29) is 6.04 Å². The van der Waals surface area contributed by atoms with Gasteiger partial charge in [0.2, 0.25) is 0 Å². The molecule has 1 saturated heterocycles. The third-order valence-electron chi connectivity index (χ3n) is 3.85. The van der Waals surface area contributed by atoms with E-state index in [4.69, 9.17) is 0 Å². The summed E-state index contributed by atoms with van der Waals surface area (Å²) in [6, 6.07) is 8.85. The van der Waals surface area contributed by atoms with Crippen molar-refractivity contribution in [3.05, 3.63) is 29.8 Å². The topological polar surface area (TPSA) is 32.3 Å². The van der Waals surface area contributed by atoms with Gasteiger partial charge in [-0.15, -0.1) is 11.8 Å². The molecule has 4 heteroatoms. The summed E-state index contributed by atoms with van der Waals surface area (Å²) in [7, 11) is 0. The van der Waals surface area contributed by atoms with Crippen LogP contribution in [0.15, 0.2) is 29.2 Å². The summed E-state index contributed by atoms with van der Waals surface area (Å²) in [5.41, 5.74) is 0.833. The molecule has 0 amide bonds. The molecule has 0 spiro atoms. The van der Waals surface area contributed by atoms with Crippen LogP contribution in [0, 0.1) is 0 Å². The highest BCUT2D eigenvalue weighted by Crippen LogP contribution is 2.29. The first-order chi connectivity index (χ1) is 9.64. The van der Waals surface area contributed by atoms with Crippen LogP contribution in [0.2, 0.25) is 0 Å². The maximum absolute atomic E-state index is 10.6. The van der Waals surface area contributed by atoms with E-state index in [1.54, 1.807) is 0 Å². The van der Waals surface area contributed by atoms with Crippen LogP contribution >= 0.6 is 23.5 Å². The Bertz CT molecular complexity index is 419. The van der Waals surface area contributed by atoms with Crippen LogP contribution in [0.4, 0.5) is 0 Å². The van der Waals surface area contributed by atoms with Crippen LogP contribution < -0.4 is 5.32 Å². The van der Waals surface area contributed by atoms with Gasteiger partial charge in [0, 0.05) is 17.5 Å². The van der Waals surface area contributed by atoms with Crippen molar-refractivity contribution < 1.29 is 5.11 Å². The minimum Gasteiger partial charge on any atom is -0.389 e. The van der Waals surface area contributed by atoms with Crippen molar-refractivity contribution in [2.75, 3.05) is 23.8 Å². The molecule has 1 unspecified atom stereocenters. The van der Waals surface area contributed by atoms with Crippen molar-refractivity contribution in [1.82, 2.24) is 5.32 Å². The number of hydrogen-bond donors (Lipinski definition) is 2. The van der Waals surface area contributed by atoms with Gasteiger partial charge in [0.15, 0.2) is 0 Å². The van der Waals surface area contributed by atoms with Gasteiger partial charge in [-0.05, 0) is 48.7 Å². The van der Waals surface area contributed by atoms with Crippen molar-refractivity contribution in [3.8, 4) is 0 Å². The normalized spacial score (nSPS) is 19.8. The van der Waals surface area contributed by atoms with E-state index in [2.05, 4.69) is 43.4 Å². The van der Waals surface area contributed by atoms with Gasteiger partial charge in [0.25, 0.3) is 0 Å². The quantitative estimate of drug-likeness (QED) is 0.785. The monoisotopic (exact) mass is 311 g/mol. The van der Waals surface area contributed by atoms with E-state index < -0.39 is 5.60 Å². The van der Waals surface area contributed by atoms with Gasteiger partial charge in [0.05, 0.1) is 5.60 Å². The van der Waals surface area contributed by atoms with Gasteiger partial charge in [-0.1, -0.05) is 25.1 Å². The highest BCUT2D eigenvalue weighted by atomic mass is 32.2. The van der Waals surface area contributed by atoms with Gasteiger partial charge in [-0.25, -0.2) is 0 Å². The molecule has 1 atom stereocenters. The number of hydrogen-bond acceptors (Lipinski definition) is 4. The molecule has 0 radical (unpaired) electrons. The summed E-state index contributed by atoms with van der Waals surface area (Å²) in [4.78, 5) is 1.35. The molecule has 2 rings (SSSR count). The fourth-order valence-electron chi connectivity index (χ4n) is 2.51. The number of rotatable bonds is 6. The average molecular weight is 312 g/mol. The van der Waals surface area contributed by atoms with E-state index in [0.29, 0.717) is 6.54 Å². The maximum Gasteiger partial charge on any atom is 0.0787 e. The molecule has 1 heterocycles. The summed E-state index contributed by atoms with van der Waals surface area (Å²) in [5, 5.41) is 14.1. The molecule has 112 valence electrons. The second-order valence-corrected chi connectivity index (χ2v) is 7.94. The highest BCUT2D eigenvalue weighted by molar-refractivity contribution is 7.99. The van der Waals surface area contributed by atoms with Crippen LogP contribution in [-0.2, 0) is 0 Å². The summed E-state index contributed by atoms with van der Waals surface area (Å²) >= 11 is 3.83. The Balaban J connectivity index is 1.95. The van der Waals surface area contributed by atoms with Gasteiger partial charge >= 0.3 is 0 Å². The van der Waals surface area contributed by atoms with Crippen molar-refractivity contribution >= 4 is 23.5 Å². The molecule has 2 N–H and O–H groups in total. The summed E-state index contributed by atoms with van der Waals surface area (Å²) in [6.45, 7) is 5.07. The lowest BCUT2D eigenvalue weighted by Crippen LogP contribution is -2.44. The van der Waals surface area contributed by atoms with Crippen molar-refractivity contribution in [2.45, 2.75) is 43.2 Å². The first kappa shape index (κ1) is 16.2. The zero-order chi connectivity index (χ0) is 14.4. The number of thioether (sulfide) groups is 2. The molecule has 1 aliphatic rings. The second kappa shape index (κ2) is 7.74. The minimum atomic E-state index is -0.508. The largest absolute Gasteiger partial charge is 0.389 e. The summed E-state index contributed by atoms with van der Waals surface area (Å²) < 4.78 is 0. The van der Waals surface area contributed by atoms with E-state index in [0.717, 1.165) is 30.1 Å². The highest BCUT2D eigenvalue weighted by Gasteiger charge is 2.29. The van der Waals surface area contributed by atoms with E-state index in [9.17, 15) is 5.11 Å². The molecule has 0 aromatic heterocycles. The zero-order valence-electron chi connectivity index (χ0n) is 12.4. The molecule has 0 aliphatic carbocycles. The Labute approximate surface area is 131 Å². The average Bonchev–Trinajstić information content (AvgIpc) is 2.47. The first-order valence-electron chi connectivity index (χ1n) is 7.40. The maximum atomic E-state index is 10.6. The summed E-state index contributed by atoms with van der Waals surface area (Å²) in [5.74, 6) is 3.24. The third-order valence-corrected chi connectivity index (χ3v) is 5.80. The summed E-state index contributed by atoms with van der Waals surface area (Å²) in [6.07, 6.45) is 1.81. The molecule has 0 saturated carbocycles. The minimum absolute atomic E-state index is 0.281. The fourth-order valence-corrected chi connectivity index (χ4v) is 4.66.